The fourth-order valence-corrected chi connectivity index (χ4v) is 213. The van der Waals surface area contributed by atoms with E-state index in [2.05, 4.69) is 95.1 Å². The van der Waals surface area contributed by atoms with Gasteiger partial charge in [0.1, 0.15) is 0 Å². The molecule has 0 saturated heterocycles. The van der Waals surface area contributed by atoms with E-state index in [1.165, 1.54) is 6.42 Å². The van der Waals surface area contributed by atoms with Crippen molar-refractivity contribution in [1.29, 1.82) is 0 Å². The van der Waals surface area contributed by atoms with Gasteiger partial charge in [0.25, 0.3) is 0 Å². The monoisotopic (exact) mass is 430 g/mol. The fraction of sp³-hybridized carbons (Fsp3) is 0.778. The van der Waals surface area contributed by atoms with Crippen LogP contribution in [0.3, 0.4) is 0 Å². The zero-order valence-electron chi connectivity index (χ0n) is 17.4. The molecule has 0 aliphatic heterocycles. The Morgan fingerprint density at radius 3 is 1.41 bits per heavy atom. The molecule has 1 rings (SSSR count). The van der Waals surface area contributed by atoms with Gasteiger partial charge in [0.15, 0.2) is 0 Å². The van der Waals surface area contributed by atoms with Gasteiger partial charge in [-0.1, -0.05) is 0 Å². The molecule has 1 aliphatic carbocycles. The molecule has 0 spiro atoms. The third kappa shape index (κ3) is 3.36. The molecule has 0 bridgehead atoms. The molecular weight excluding hydrogens is 392 g/mol. The fourth-order valence-electron chi connectivity index (χ4n) is 6.30. The van der Waals surface area contributed by atoms with Crippen molar-refractivity contribution in [2.24, 2.45) is 5.41 Å². The van der Waals surface area contributed by atoms with Crippen molar-refractivity contribution in [2.75, 3.05) is 0 Å². The summed E-state index contributed by atoms with van der Waals surface area (Å²) in [5, 5.41) is -3.47. The van der Waals surface area contributed by atoms with Crippen LogP contribution >= 0.6 is 0 Å². The van der Waals surface area contributed by atoms with Crippen molar-refractivity contribution in [3.8, 4) is 0 Å². The van der Waals surface area contributed by atoms with Crippen molar-refractivity contribution in [3.05, 3.63) is 21.0 Å². The Hall–Kier alpha value is 1.01. The van der Waals surface area contributed by atoms with Gasteiger partial charge in [-0.2, -0.15) is 0 Å². The normalized spacial score (nSPS) is 18.4. The summed E-state index contributed by atoms with van der Waals surface area (Å²) in [7, 11) is 0. The third-order valence-corrected chi connectivity index (χ3v) is 151. The Bertz CT molecular complexity index is 452. The molecular formula is C18H40Si3Zr. The second kappa shape index (κ2) is 6.07. The Morgan fingerprint density at radius 1 is 0.773 bits per heavy atom. The van der Waals surface area contributed by atoms with E-state index in [9.17, 15) is 0 Å². The van der Waals surface area contributed by atoms with Gasteiger partial charge in [0.05, 0.1) is 0 Å². The summed E-state index contributed by atoms with van der Waals surface area (Å²) >= 11 is -2.41. The predicted octanol–water partition coefficient (Wildman–Crippen LogP) is 6.91. The second-order valence-corrected chi connectivity index (χ2v) is 85.3. The maximum absolute atomic E-state index is 2.74. The van der Waals surface area contributed by atoms with Gasteiger partial charge in [0, 0.05) is 0 Å². The molecule has 0 amide bonds. The molecule has 0 saturated carbocycles. The van der Waals surface area contributed by atoms with Crippen molar-refractivity contribution >= 4 is 15.6 Å². The molecule has 1 aliphatic rings. The minimum absolute atomic E-state index is 0.323. The van der Waals surface area contributed by atoms with Crippen molar-refractivity contribution in [2.45, 2.75) is 86.1 Å². The van der Waals surface area contributed by atoms with Gasteiger partial charge < -0.3 is 0 Å². The van der Waals surface area contributed by atoms with Gasteiger partial charge in [-0.05, 0) is 0 Å². The van der Waals surface area contributed by atoms with Crippen LogP contribution in [0.25, 0.3) is 0 Å². The first-order chi connectivity index (χ1) is 9.48. The average molecular weight is 432 g/mol. The molecule has 0 aromatic carbocycles. The van der Waals surface area contributed by atoms with E-state index in [4.69, 9.17) is 0 Å². The Balaban J connectivity index is 3.90. The van der Waals surface area contributed by atoms with Crippen LogP contribution in [-0.2, 0) is 17.7 Å². The molecule has 22 heavy (non-hydrogen) atoms. The summed E-state index contributed by atoms with van der Waals surface area (Å²) in [5.41, 5.74) is 2.08. The first kappa shape index (κ1) is 21.1. The van der Waals surface area contributed by atoms with Gasteiger partial charge in [-0.3, -0.25) is 0 Å². The summed E-state index contributed by atoms with van der Waals surface area (Å²) in [6.45, 7) is 32.0. The van der Waals surface area contributed by atoms with Crippen LogP contribution in [0.1, 0.15) is 27.2 Å². The maximum atomic E-state index is 2.74. The Morgan fingerprint density at radius 2 is 1.14 bits per heavy atom. The average Bonchev–Trinajstić information content (AvgIpc) is 2.58. The number of rotatable bonds is 4. The van der Waals surface area contributed by atoms with E-state index in [1.807, 2.05) is 0 Å². The molecule has 0 radical (unpaired) electrons. The molecule has 0 aromatic heterocycles. The molecule has 4 heteroatoms. The molecule has 0 heterocycles. The quantitative estimate of drug-likeness (QED) is 0.424. The molecule has 0 aromatic rings. The summed E-state index contributed by atoms with van der Waals surface area (Å²) in [6, 6.07) is 0. The minimum atomic E-state index is -2.41. The van der Waals surface area contributed by atoms with E-state index in [0.717, 1.165) is 0 Å². The van der Waals surface area contributed by atoms with E-state index in [-0.39, 0.29) is 0 Å². The van der Waals surface area contributed by atoms with E-state index >= 15 is 0 Å². The van der Waals surface area contributed by atoms with Crippen molar-refractivity contribution in [3.63, 3.8) is 0 Å². The van der Waals surface area contributed by atoms with Crippen molar-refractivity contribution < 1.29 is 17.7 Å². The Kier molecular flexibility index (Phi) is 5.81. The summed E-state index contributed by atoms with van der Waals surface area (Å²) in [5.74, 6) is 0. The molecule has 0 unspecified atom stereocenters. The third-order valence-electron chi connectivity index (χ3n) is 5.57. The summed E-state index contributed by atoms with van der Waals surface area (Å²) < 4.78 is 2.07. The number of hydrogen-bond donors (Lipinski definition) is 0. The van der Waals surface area contributed by atoms with Crippen LogP contribution in [0.15, 0.2) is 21.0 Å². The molecule has 0 atom stereocenters. The summed E-state index contributed by atoms with van der Waals surface area (Å²) in [4.78, 5) is 0. The predicted molar refractivity (Wildman–Crippen MR) is 110 cm³/mol. The zero-order valence-corrected chi connectivity index (χ0v) is 22.8. The standard InChI is InChI=1S/C9H13.3C3H9Si.Zr/c1-9(2,3)8-6-4-5-7-8;3*1-4(2)3;/h4,6H,5H2,1-3H3;3*1-3H3;. The van der Waals surface area contributed by atoms with Crippen molar-refractivity contribution in [1.82, 2.24) is 0 Å². The van der Waals surface area contributed by atoms with Crippen LogP contribution in [0.4, 0.5) is 0 Å². The molecule has 0 N–H and O–H groups in total. The zero-order chi connectivity index (χ0) is 17.8. The topological polar surface area (TPSA) is 0 Å². The SMILES string of the molecule is CC(C)(C)C1=[C]([Zr]([Si](C)(C)C)([Si](C)(C)C)[Si](C)(C)C)CC=C1. The van der Waals surface area contributed by atoms with Gasteiger partial charge in [0.2, 0.25) is 0 Å². The van der Waals surface area contributed by atoms with Gasteiger partial charge in [-0.25, -0.2) is 0 Å². The first-order valence-corrected chi connectivity index (χ1v) is 31.7. The molecule has 0 fully saturated rings. The Labute approximate surface area is 145 Å². The molecule has 128 valence electrons. The van der Waals surface area contributed by atoms with Crippen LogP contribution in [-0.4, -0.2) is 15.6 Å². The number of allylic oxidation sites excluding steroid dienone is 4. The number of hydrogen-bond acceptors (Lipinski definition) is 0. The van der Waals surface area contributed by atoms with Crippen LogP contribution in [0, 0.1) is 5.41 Å². The van der Waals surface area contributed by atoms with Gasteiger partial charge >= 0.3 is 146 Å². The van der Waals surface area contributed by atoms with E-state index in [0.29, 0.717) is 5.41 Å². The van der Waals surface area contributed by atoms with Crippen LogP contribution in [0.2, 0.25) is 58.9 Å². The van der Waals surface area contributed by atoms with Gasteiger partial charge in [-0.15, -0.1) is 0 Å². The van der Waals surface area contributed by atoms with E-state index in [1.54, 1.807) is 5.57 Å². The van der Waals surface area contributed by atoms with Crippen LogP contribution in [0.5, 0.6) is 0 Å². The second-order valence-electron chi connectivity index (χ2n) is 11.2. The summed E-state index contributed by atoms with van der Waals surface area (Å²) in [6.07, 6.45) is 6.32. The molecule has 0 nitrogen and oxygen atoms in total. The van der Waals surface area contributed by atoms with E-state index < -0.39 is 33.3 Å². The van der Waals surface area contributed by atoms with Crippen LogP contribution < -0.4 is 0 Å². The first-order valence-electron chi connectivity index (χ1n) is 8.88.